The fraction of sp³-hybridized carbons (Fsp3) is 0.857. The number of carbonyl (C=O) groups excluding carboxylic acids is 2. The van der Waals surface area contributed by atoms with E-state index in [-0.39, 0.29) is 36.2 Å². The van der Waals surface area contributed by atoms with Crippen LogP contribution >= 0.6 is 12.4 Å². The maximum Gasteiger partial charge on any atom is 0.245 e. The summed E-state index contributed by atoms with van der Waals surface area (Å²) >= 11 is 0. The number of nitrogens with two attached hydrogens (primary N) is 1. The summed E-state index contributed by atoms with van der Waals surface area (Å²) in [6.07, 6.45) is 3.55. The minimum absolute atomic E-state index is 0. The van der Waals surface area contributed by atoms with Crippen molar-refractivity contribution >= 4 is 24.2 Å². The van der Waals surface area contributed by atoms with E-state index in [2.05, 4.69) is 5.32 Å². The predicted molar refractivity (Wildman–Crippen MR) is 82.2 cm³/mol. The van der Waals surface area contributed by atoms with Crippen molar-refractivity contribution in [1.29, 1.82) is 0 Å². The summed E-state index contributed by atoms with van der Waals surface area (Å²) in [6.45, 7) is 4.09. The van der Waals surface area contributed by atoms with Crippen molar-refractivity contribution in [2.45, 2.75) is 44.7 Å². The summed E-state index contributed by atoms with van der Waals surface area (Å²) in [6, 6.07) is -0.343. The molecule has 1 saturated heterocycles. The van der Waals surface area contributed by atoms with Crippen LogP contribution in [0.2, 0.25) is 0 Å². The molecule has 122 valence electrons. The third-order valence-corrected chi connectivity index (χ3v) is 4.24. The Morgan fingerprint density at radius 2 is 2.00 bits per heavy atom. The van der Waals surface area contributed by atoms with E-state index in [9.17, 15) is 9.59 Å². The van der Waals surface area contributed by atoms with E-state index in [0.29, 0.717) is 32.7 Å². The Morgan fingerprint density at radius 1 is 1.33 bits per heavy atom. The summed E-state index contributed by atoms with van der Waals surface area (Å²) in [7, 11) is 0. The maximum atomic E-state index is 12.2. The minimum Gasteiger partial charge on any atom is -0.378 e. The van der Waals surface area contributed by atoms with Crippen LogP contribution in [0.3, 0.4) is 0 Å². The lowest BCUT2D eigenvalue weighted by atomic mass is 10.00. The van der Waals surface area contributed by atoms with Gasteiger partial charge >= 0.3 is 0 Å². The van der Waals surface area contributed by atoms with Crippen LogP contribution < -0.4 is 11.1 Å². The van der Waals surface area contributed by atoms with Crippen molar-refractivity contribution in [3.8, 4) is 0 Å². The molecule has 2 aliphatic rings. The molecule has 2 fully saturated rings. The summed E-state index contributed by atoms with van der Waals surface area (Å²) in [5, 5.41) is 2.80. The highest BCUT2D eigenvalue weighted by atomic mass is 35.5. The first-order chi connectivity index (χ1) is 9.58. The molecule has 0 spiro atoms. The van der Waals surface area contributed by atoms with E-state index in [1.165, 1.54) is 0 Å². The number of rotatable bonds is 4. The average Bonchev–Trinajstić information content (AvgIpc) is 2.84. The van der Waals surface area contributed by atoms with E-state index in [4.69, 9.17) is 10.5 Å². The molecule has 3 atom stereocenters. The van der Waals surface area contributed by atoms with Crippen LogP contribution in [0.15, 0.2) is 0 Å². The molecule has 0 aromatic carbocycles. The van der Waals surface area contributed by atoms with Crippen LogP contribution in [-0.2, 0) is 14.3 Å². The molecule has 2 rings (SSSR count). The predicted octanol–water partition coefficient (Wildman–Crippen LogP) is 0.289. The molecule has 0 aromatic rings. The Morgan fingerprint density at radius 3 is 2.57 bits per heavy atom. The molecule has 2 amide bonds. The van der Waals surface area contributed by atoms with Crippen molar-refractivity contribution in [2.75, 3.05) is 26.3 Å². The van der Waals surface area contributed by atoms with Gasteiger partial charge in [-0.2, -0.15) is 0 Å². The van der Waals surface area contributed by atoms with Gasteiger partial charge in [0, 0.05) is 25.6 Å². The molecule has 21 heavy (non-hydrogen) atoms. The molecular weight excluding hydrogens is 294 g/mol. The van der Waals surface area contributed by atoms with Gasteiger partial charge in [-0.1, -0.05) is 6.42 Å². The van der Waals surface area contributed by atoms with E-state index in [1.54, 1.807) is 11.8 Å². The van der Waals surface area contributed by atoms with Crippen LogP contribution in [0.25, 0.3) is 0 Å². The summed E-state index contributed by atoms with van der Waals surface area (Å²) < 4.78 is 5.22. The van der Waals surface area contributed by atoms with Gasteiger partial charge in [0.25, 0.3) is 0 Å². The maximum absolute atomic E-state index is 12.2. The quantitative estimate of drug-likeness (QED) is 0.780. The van der Waals surface area contributed by atoms with Crippen LogP contribution in [0.1, 0.15) is 32.6 Å². The summed E-state index contributed by atoms with van der Waals surface area (Å²) in [5.74, 6) is 0.166. The van der Waals surface area contributed by atoms with Crippen LogP contribution in [0.5, 0.6) is 0 Å². The van der Waals surface area contributed by atoms with Gasteiger partial charge in [-0.05, 0) is 25.7 Å². The number of morpholine rings is 1. The molecule has 6 nitrogen and oxygen atoms in total. The van der Waals surface area contributed by atoms with E-state index in [1.807, 2.05) is 0 Å². The number of halogens is 1. The molecule has 7 heteroatoms. The van der Waals surface area contributed by atoms with Crippen molar-refractivity contribution in [2.24, 2.45) is 11.7 Å². The largest absolute Gasteiger partial charge is 0.378 e. The fourth-order valence-electron chi connectivity index (χ4n) is 2.98. The Labute approximate surface area is 132 Å². The van der Waals surface area contributed by atoms with Gasteiger partial charge in [-0.25, -0.2) is 0 Å². The second-order valence-corrected chi connectivity index (χ2v) is 5.79. The zero-order valence-corrected chi connectivity index (χ0v) is 13.4. The molecule has 1 saturated carbocycles. The van der Waals surface area contributed by atoms with Gasteiger partial charge in [0.15, 0.2) is 0 Å². The fourth-order valence-corrected chi connectivity index (χ4v) is 2.98. The molecule has 1 heterocycles. The van der Waals surface area contributed by atoms with Gasteiger partial charge in [-0.3, -0.25) is 9.59 Å². The van der Waals surface area contributed by atoms with Crippen molar-refractivity contribution in [3.63, 3.8) is 0 Å². The summed E-state index contributed by atoms with van der Waals surface area (Å²) in [5.41, 5.74) is 5.97. The average molecular weight is 320 g/mol. The Bertz CT molecular complexity index is 361. The lowest BCUT2D eigenvalue weighted by molar-refractivity contribution is -0.139. The van der Waals surface area contributed by atoms with Gasteiger partial charge in [0.1, 0.15) is 6.04 Å². The normalized spacial score (nSPS) is 26.9. The first kappa shape index (κ1) is 18.2. The summed E-state index contributed by atoms with van der Waals surface area (Å²) in [4.78, 5) is 25.9. The molecule has 1 unspecified atom stereocenters. The van der Waals surface area contributed by atoms with Crippen LogP contribution in [0.4, 0.5) is 0 Å². The van der Waals surface area contributed by atoms with E-state index < -0.39 is 6.04 Å². The molecule has 0 aromatic heterocycles. The van der Waals surface area contributed by atoms with Crippen LogP contribution in [0, 0.1) is 5.92 Å². The lowest BCUT2D eigenvalue weighted by Gasteiger charge is -2.29. The molecular formula is C14H26ClN3O3. The zero-order valence-electron chi connectivity index (χ0n) is 12.5. The van der Waals surface area contributed by atoms with Crippen molar-refractivity contribution in [3.05, 3.63) is 0 Å². The van der Waals surface area contributed by atoms with Crippen molar-refractivity contribution in [1.82, 2.24) is 10.2 Å². The number of amides is 2. The SMILES string of the molecule is CC(NC(=O)C[C@@H]1CCC[C@H]1N)C(=O)N1CCOCC1.Cl. The number of nitrogens with one attached hydrogen (secondary N) is 1. The topological polar surface area (TPSA) is 84.7 Å². The Kier molecular flexibility index (Phi) is 7.42. The second-order valence-electron chi connectivity index (χ2n) is 5.79. The highest BCUT2D eigenvalue weighted by Gasteiger charge is 2.28. The minimum atomic E-state index is -0.474. The second kappa shape index (κ2) is 8.56. The number of nitrogens with zero attached hydrogens (tertiary/aromatic N) is 1. The van der Waals surface area contributed by atoms with Gasteiger partial charge in [-0.15, -0.1) is 12.4 Å². The smallest absolute Gasteiger partial charge is 0.245 e. The highest BCUT2D eigenvalue weighted by Crippen LogP contribution is 2.26. The number of hydrogen-bond donors (Lipinski definition) is 2. The van der Waals surface area contributed by atoms with Gasteiger partial charge in [0.05, 0.1) is 13.2 Å². The van der Waals surface area contributed by atoms with Crippen molar-refractivity contribution < 1.29 is 14.3 Å². The van der Waals surface area contributed by atoms with Gasteiger partial charge in [0.2, 0.25) is 11.8 Å². The highest BCUT2D eigenvalue weighted by molar-refractivity contribution is 5.87. The molecule has 1 aliphatic heterocycles. The lowest BCUT2D eigenvalue weighted by Crippen LogP contribution is -2.50. The zero-order chi connectivity index (χ0) is 14.5. The Hall–Kier alpha value is -0.850. The van der Waals surface area contributed by atoms with Crippen LogP contribution in [-0.4, -0.2) is 55.1 Å². The van der Waals surface area contributed by atoms with E-state index in [0.717, 1.165) is 19.3 Å². The number of hydrogen-bond acceptors (Lipinski definition) is 4. The molecule has 0 bridgehead atoms. The molecule has 0 radical (unpaired) electrons. The monoisotopic (exact) mass is 319 g/mol. The van der Waals surface area contributed by atoms with E-state index >= 15 is 0 Å². The third-order valence-electron chi connectivity index (χ3n) is 4.24. The van der Waals surface area contributed by atoms with Gasteiger partial charge < -0.3 is 20.7 Å². The standard InChI is InChI=1S/C14H25N3O3.ClH/c1-10(14(19)17-5-7-20-8-6-17)16-13(18)9-11-3-2-4-12(11)15;/h10-12H,2-9,15H2,1H3,(H,16,18);1H/t10?,11-,12+;/m0./s1. The molecule has 1 aliphatic carbocycles. The number of carbonyl (C=O) groups is 2. The first-order valence-corrected chi connectivity index (χ1v) is 7.49. The number of ether oxygens (including phenoxy) is 1. The Balaban J connectivity index is 0.00000220. The third kappa shape index (κ3) is 5.13. The first-order valence-electron chi connectivity index (χ1n) is 7.49. The molecule has 3 N–H and O–H groups in total.